The molecule has 37 heteroatoms. The van der Waals surface area contributed by atoms with E-state index in [1.54, 1.807) is 107 Å². The van der Waals surface area contributed by atoms with Gasteiger partial charge in [0.15, 0.2) is 0 Å². The first-order chi connectivity index (χ1) is 64.4. The number of primary amides is 1. The molecule has 4 aromatic rings. The number of nitrogens with zero attached hydrogens (tertiary/aromatic N) is 1. The average Bonchev–Trinajstić information content (AvgIpc) is 0.851. The van der Waals surface area contributed by atoms with E-state index in [9.17, 15) is 72.5 Å². The molecule has 1 aromatic heterocycles. The lowest BCUT2D eigenvalue weighted by Gasteiger charge is -2.32. The summed E-state index contributed by atoms with van der Waals surface area (Å²) in [6.07, 6.45) is 21.9. The van der Waals surface area contributed by atoms with Crippen LogP contribution in [0, 0.1) is 11.8 Å². The van der Waals surface area contributed by atoms with Gasteiger partial charge >= 0.3 is 5.97 Å². The molecule has 3 aromatic carbocycles. The van der Waals surface area contributed by atoms with E-state index in [1.807, 2.05) is 12.1 Å². The van der Waals surface area contributed by atoms with Gasteiger partial charge in [0.1, 0.15) is 60.4 Å². The number of aliphatic hydroxyl groups is 1. The first kappa shape index (κ1) is 114. The van der Waals surface area contributed by atoms with Crippen LogP contribution in [0.25, 0.3) is 0 Å². The molecule has 1 saturated heterocycles. The van der Waals surface area contributed by atoms with Gasteiger partial charge < -0.3 is 102 Å². The van der Waals surface area contributed by atoms with Crippen LogP contribution in [-0.2, 0) is 84.8 Å². The molecule has 1 aliphatic rings. The van der Waals surface area contributed by atoms with E-state index >= 15 is 9.59 Å². The SMILES string of the molecule is CCCCCCCCCCCCCCCC(=O)NCCCCCC(=O)NCCCC[C@H](NC(=O)C[C@H](Cc1ccccc1)NC(=O)[C@@H](CCCCN)NC(=O)[C@@H](NC(=O)[C@@H]1CSSC[C@H](NC(=O)[C@@H](NC(=O)[C@H](Cc2cnc[nH]2)NC(=O)[C@@H](NC(=O)[C@H](CCC(=O)O)NC(=O)CC(C)C)[C@@H](C)O)C(c2ccccc2)c2ccccc2)C(=O)N1)[C@@H](C)CC)C(=O)N[C@H](CCCCN)C(N)=O. The highest BCUT2D eigenvalue weighted by Gasteiger charge is 2.41. The van der Waals surface area contributed by atoms with Crippen LogP contribution in [0.4, 0.5) is 0 Å². The van der Waals surface area contributed by atoms with Crippen LogP contribution >= 0.6 is 21.6 Å². The lowest BCUT2D eigenvalue weighted by molar-refractivity contribution is -0.139. The van der Waals surface area contributed by atoms with Crippen molar-refractivity contribution in [2.24, 2.45) is 29.0 Å². The number of imidazole rings is 1. The number of benzene rings is 3. The molecule has 14 amide bonds. The second-order valence-corrected chi connectivity index (χ2v) is 37.9. The summed E-state index contributed by atoms with van der Waals surface area (Å²) in [5.41, 5.74) is 19.6. The van der Waals surface area contributed by atoms with Crippen molar-refractivity contribution >= 4 is 110 Å². The molecule has 1 aliphatic heterocycles. The van der Waals surface area contributed by atoms with Crippen LogP contribution in [0.1, 0.15) is 275 Å². The third-order valence-electron chi connectivity index (χ3n) is 23.5. The Balaban J connectivity index is 1.29. The Bertz CT molecular complexity index is 4160. The van der Waals surface area contributed by atoms with Gasteiger partial charge in [-0.05, 0) is 138 Å². The van der Waals surface area contributed by atoms with Crippen molar-refractivity contribution in [2.45, 2.75) is 338 Å². The van der Waals surface area contributed by atoms with Crippen LogP contribution in [0.3, 0.4) is 0 Å². The number of rotatable bonds is 69. The van der Waals surface area contributed by atoms with Gasteiger partial charge in [0, 0.05) is 87.0 Å². The van der Waals surface area contributed by atoms with E-state index < -0.39 is 168 Å². The van der Waals surface area contributed by atoms with Gasteiger partial charge in [0.2, 0.25) is 82.7 Å². The van der Waals surface area contributed by atoms with Gasteiger partial charge in [-0.25, -0.2) is 4.98 Å². The highest BCUT2D eigenvalue weighted by atomic mass is 33.1. The zero-order valence-corrected chi connectivity index (χ0v) is 80.9. The number of carbonyl (C=O) groups is 15. The predicted octanol–water partition coefficient (Wildman–Crippen LogP) is 6.67. The summed E-state index contributed by atoms with van der Waals surface area (Å²) in [4.78, 5) is 217. The van der Waals surface area contributed by atoms with E-state index in [2.05, 4.69) is 86.0 Å². The van der Waals surface area contributed by atoms with Crippen molar-refractivity contribution in [3.05, 3.63) is 126 Å². The number of unbranched alkanes of at least 4 members (excludes halogenated alkanes) is 17. The minimum Gasteiger partial charge on any atom is -0.481 e. The van der Waals surface area contributed by atoms with Gasteiger partial charge in [-0.1, -0.05) is 237 Å². The molecular formula is C97H152N18O17S2. The molecule has 0 aliphatic carbocycles. The molecule has 22 N–H and O–H groups in total. The molecule has 0 spiro atoms. The van der Waals surface area contributed by atoms with Gasteiger partial charge in [0.25, 0.3) is 0 Å². The minimum atomic E-state index is -1.80. The second kappa shape index (κ2) is 66.0. The monoisotopic (exact) mass is 1910 g/mol. The molecule has 134 heavy (non-hydrogen) atoms. The summed E-state index contributed by atoms with van der Waals surface area (Å²) in [5.74, 6) is -12.8. The number of carboxylic acid groups (broad SMARTS) is 1. The van der Waals surface area contributed by atoms with Crippen molar-refractivity contribution in [3.8, 4) is 0 Å². The zero-order valence-electron chi connectivity index (χ0n) is 79.3. The third-order valence-corrected chi connectivity index (χ3v) is 25.9. The standard InChI is InChI=1S/C97H152N18O17S2/c1-7-9-10-11-12-13-14-15-16-17-18-19-30-48-79(117)102-54-37-23-31-49-80(118)103-55-38-34-47-73(90(125)108-72(88(100)123)45-32-35-52-98)106-82(120)59-70(57-67-39-24-20-25-40-67)105-89(124)74(46-33-36-53-99)109-95(130)85(65(5)8-2)113-94(129)78-62-134-133-61-77(93(128)111-78)112-97(132)87(84(68-41-26-21-27-42-68)69-43-28-22-29-44-69)115-92(127)76(58-71-60-101-63-104-71)110-96(131)86(66(6)116)114-91(126)75(50-51-83(121)122)107-81(119)56-64(3)4/h20-22,24-29,39-44,60,63-66,70,72-78,84-87,116H,7-19,23,30-38,45-59,61-62,98-99H2,1-6H3,(H2,100,123)(H,101,104)(H,102,117)(H,103,118)(H,105,124)(H,106,120)(H,107,119)(H,108,125)(H,109,130)(H,110,131)(H,111,128)(H,112,132)(H,113,129)(H,114,126)(H,115,127)(H,121,122)/t65-,66+,70-,72+,73-,74+,75-,76-,77-,78-,85-,86-,87-/m0/s1. The first-order valence-corrected chi connectivity index (χ1v) is 50.7. The number of aliphatic carboxylic acids is 1. The average molecular weight is 1910 g/mol. The maximum absolute atomic E-state index is 15.5. The van der Waals surface area contributed by atoms with E-state index in [1.165, 1.54) is 94.5 Å². The van der Waals surface area contributed by atoms with Gasteiger partial charge in [-0.2, -0.15) is 0 Å². The van der Waals surface area contributed by atoms with Crippen LogP contribution in [0.5, 0.6) is 0 Å². The summed E-state index contributed by atoms with van der Waals surface area (Å²) in [6, 6.07) is 11.4. The quantitative estimate of drug-likeness (QED) is 0.0162. The van der Waals surface area contributed by atoms with E-state index in [-0.39, 0.29) is 100 Å². The summed E-state index contributed by atoms with van der Waals surface area (Å²) in [6.45, 7) is 11.9. The number of nitrogens with two attached hydrogens (primary N) is 3. The van der Waals surface area contributed by atoms with Gasteiger partial charge in [-0.3, -0.25) is 71.9 Å². The highest BCUT2D eigenvalue weighted by Crippen LogP contribution is 2.31. The Morgan fingerprint density at radius 3 is 1.46 bits per heavy atom. The molecular weight excluding hydrogens is 1750 g/mol. The Kier molecular flexibility index (Phi) is 56.2. The molecule has 0 unspecified atom stereocenters. The number of H-pyrrole nitrogens is 1. The normalized spacial score (nSPS) is 15.7. The first-order valence-electron chi connectivity index (χ1n) is 48.3. The van der Waals surface area contributed by atoms with Crippen molar-refractivity contribution in [1.29, 1.82) is 0 Å². The lowest BCUT2D eigenvalue weighted by Crippen LogP contribution is -2.63. The Labute approximate surface area is 798 Å². The number of aromatic amines is 1. The van der Waals surface area contributed by atoms with Crippen LogP contribution in [0.2, 0.25) is 0 Å². The topological polar surface area (TPSA) is 560 Å². The number of nitrogens with one attached hydrogen (secondary N) is 14. The smallest absolute Gasteiger partial charge is 0.303 e. The molecule has 5 rings (SSSR count). The predicted molar refractivity (Wildman–Crippen MR) is 519 cm³/mol. The molecule has 2 heterocycles. The Morgan fingerprint density at radius 1 is 0.463 bits per heavy atom. The summed E-state index contributed by atoms with van der Waals surface area (Å²) < 4.78 is 0. The largest absolute Gasteiger partial charge is 0.481 e. The highest BCUT2D eigenvalue weighted by molar-refractivity contribution is 8.76. The number of hydrogen-bond acceptors (Lipinski definition) is 21. The molecule has 1 fully saturated rings. The van der Waals surface area contributed by atoms with Crippen molar-refractivity contribution in [3.63, 3.8) is 0 Å². The maximum atomic E-state index is 15.5. The number of amides is 14. The Hall–Kier alpha value is -10.5. The number of aliphatic hydroxyl groups excluding tert-OH is 1. The van der Waals surface area contributed by atoms with E-state index in [4.69, 9.17) is 17.2 Å². The number of carboxylic acids is 1. The summed E-state index contributed by atoms with van der Waals surface area (Å²) >= 11 is 0. The van der Waals surface area contributed by atoms with Crippen LogP contribution < -0.4 is 86.3 Å². The molecule has 0 radical (unpaired) electrons. The van der Waals surface area contributed by atoms with Crippen molar-refractivity contribution < 1.29 is 82.1 Å². The molecule has 0 bridgehead atoms. The van der Waals surface area contributed by atoms with Crippen molar-refractivity contribution in [1.82, 2.24) is 79.1 Å². The van der Waals surface area contributed by atoms with Crippen molar-refractivity contribution in [2.75, 3.05) is 37.7 Å². The molecule has 744 valence electrons. The van der Waals surface area contributed by atoms with Gasteiger partial charge in [-0.15, -0.1) is 0 Å². The zero-order chi connectivity index (χ0) is 98.0. The van der Waals surface area contributed by atoms with E-state index in [0.29, 0.717) is 87.7 Å². The fourth-order valence-corrected chi connectivity index (χ4v) is 18.0. The number of aromatic nitrogens is 2. The van der Waals surface area contributed by atoms with Gasteiger partial charge in [0.05, 0.1) is 12.4 Å². The number of carbonyl (C=O) groups excluding carboxylic acids is 14. The van der Waals surface area contributed by atoms with Crippen LogP contribution in [0.15, 0.2) is 104 Å². The minimum absolute atomic E-state index is 0.0118. The Morgan fingerprint density at radius 2 is 0.925 bits per heavy atom. The van der Waals surface area contributed by atoms with Crippen LogP contribution in [-0.4, -0.2) is 219 Å². The summed E-state index contributed by atoms with van der Waals surface area (Å²) in [7, 11) is 2.35. The van der Waals surface area contributed by atoms with E-state index in [0.717, 1.165) is 48.5 Å². The molecule has 0 saturated carbocycles. The third kappa shape index (κ3) is 45.7. The lowest BCUT2D eigenvalue weighted by atomic mass is 9.84. The summed E-state index contributed by atoms with van der Waals surface area (Å²) in [5, 5.41) is 56.8. The molecule has 13 atom stereocenters. The fourth-order valence-electron chi connectivity index (χ4n) is 15.6. The maximum Gasteiger partial charge on any atom is 0.303 e. The fraction of sp³-hybridized carbons (Fsp3) is 0.629. The number of hydrogen-bond donors (Lipinski definition) is 19. The molecule has 35 nitrogen and oxygen atoms in total. The second-order valence-electron chi connectivity index (χ2n) is 35.4.